The van der Waals surface area contributed by atoms with Crippen molar-refractivity contribution in [3.05, 3.63) is 16.1 Å². The molecule has 0 bridgehead atoms. The summed E-state index contributed by atoms with van der Waals surface area (Å²) in [6.45, 7) is 3.36. The monoisotopic (exact) mass is 303 g/mol. The molecule has 1 fully saturated rings. The van der Waals surface area contributed by atoms with E-state index >= 15 is 0 Å². The van der Waals surface area contributed by atoms with Gasteiger partial charge in [-0.05, 0) is 40.8 Å². The van der Waals surface area contributed by atoms with E-state index in [1.165, 1.54) is 19.3 Å². The van der Waals surface area contributed by atoms with Crippen LogP contribution in [-0.4, -0.2) is 16.5 Å². The highest BCUT2D eigenvalue weighted by molar-refractivity contribution is 14.1. The summed E-state index contributed by atoms with van der Waals surface area (Å²) in [6, 6.07) is 0. The van der Waals surface area contributed by atoms with E-state index in [9.17, 15) is 0 Å². The first-order valence-electron chi connectivity index (χ1n) is 4.89. The summed E-state index contributed by atoms with van der Waals surface area (Å²) in [5.41, 5.74) is 0.494. The molecule has 76 valence electrons. The second-order valence-corrected chi connectivity index (χ2v) is 5.40. The molecule has 0 amide bonds. The van der Waals surface area contributed by atoms with E-state index in [4.69, 9.17) is 0 Å². The molecule has 4 heteroatoms. The van der Waals surface area contributed by atoms with Crippen molar-refractivity contribution in [1.29, 1.82) is 0 Å². The van der Waals surface area contributed by atoms with Crippen LogP contribution in [0.4, 0.5) is 5.82 Å². The van der Waals surface area contributed by atoms with Crippen molar-refractivity contribution in [2.24, 2.45) is 5.41 Å². The van der Waals surface area contributed by atoms with Crippen LogP contribution in [-0.2, 0) is 0 Å². The minimum Gasteiger partial charge on any atom is -0.369 e. The molecule has 0 aliphatic heterocycles. The van der Waals surface area contributed by atoms with E-state index in [2.05, 4.69) is 44.8 Å². The van der Waals surface area contributed by atoms with Gasteiger partial charge in [0.15, 0.2) is 0 Å². The van der Waals surface area contributed by atoms with Crippen LogP contribution in [0.15, 0.2) is 12.5 Å². The van der Waals surface area contributed by atoms with Gasteiger partial charge in [0.2, 0.25) is 0 Å². The number of anilines is 1. The zero-order valence-corrected chi connectivity index (χ0v) is 10.4. The Balaban J connectivity index is 1.95. The molecule has 2 rings (SSSR count). The lowest BCUT2D eigenvalue weighted by Gasteiger charge is -2.38. The van der Waals surface area contributed by atoms with Gasteiger partial charge in [-0.15, -0.1) is 0 Å². The van der Waals surface area contributed by atoms with E-state index in [-0.39, 0.29) is 0 Å². The predicted molar refractivity (Wildman–Crippen MR) is 65.2 cm³/mol. The Hall–Kier alpha value is -0.390. The van der Waals surface area contributed by atoms with E-state index in [1.807, 2.05) is 6.20 Å². The smallest absolute Gasteiger partial charge is 0.142 e. The molecular weight excluding hydrogens is 289 g/mol. The van der Waals surface area contributed by atoms with Crippen molar-refractivity contribution in [2.75, 3.05) is 11.9 Å². The standard InChI is InChI=1S/C10H14IN3/c1-10(3-2-4-10)6-13-9-8(11)5-12-7-14-9/h5,7H,2-4,6H2,1H3,(H,12,13,14). The van der Waals surface area contributed by atoms with Crippen LogP contribution >= 0.6 is 22.6 Å². The zero-order valence-electron chi connectivity index (χ0n) is 8.26. The molecule has 0 unspecified atom stereocenters. The first-order chi connectivity index (χ1) is 6.70. The molecule has 0 spiro atoms. The minimum absolute atomic E-state index is 0.494. The maximum atomic E-state index is 4.21. The molecule has 0 atom stereocenters. The quantitative estimate of drug-likeness (QED) is 0.873. The number of nitrogens with zero attached hydrogens (tertiary/aromatic N) is 2. The van der Waals surface area contributed by atoms with Gasteiger partial charge in [-0.2, -0.15) is 0 Å². The third-order valence-electron chi connectivity index (χ3n) is 2.91. The van der Waals surface area contributed by atoms with Gasteiger partial charge in [-0.1, -0.05) is 13.3 Å². The van der Waals surface area contributed by atoms with Gasteiger partial charge in [0.25, 0.3) is 0 Å². The van der Waals surface area contributed by atoms with Crippen LogP contribution in [0.5, 0.6) is 0 Å². The molecule has 1 aliphatic carbocycles. The van der Waals surface area contributed by atoms with E-state index in [0.29, 0.717) is 5.41 Å². The molecule has 1 aliphatic rings. The molecule has 14 heavy (non-hydrogen) atoms. The second kappa shape index (κ2) is 4.00. The summed E-state index contributed by atoms with van der Waals surface area (Å²) < 4.78 is 1.09. The SMILES string of the molecule is CC1(CNc2ncncc2I)CCC1. The van der Waals surface area contributed by atoms with E-state index in [1.54, 1.807) is 6.33 Å². The molecule has 1 saturated carbocycles. The van der Waals surface area contributed by atoms with Crippen LogP contribution in [0.3, 0.4) is 0 Å². The number of aromatic nitrogens is 2. The summed E-state index contributed by atoms with van der Waals surface area (Å²) in [6.07, 6.45) is 7.47. The first-order valence-corrected chi connectivity index (χ1v) is 5.97. The van der Waals surface area contributed by atoms with Crippen LogP contribution in [0.1, 0.15) is 26.2 Å². The largest absolute Gasteiger partial charge is 0.369 e. The highest BCUT2D eigenvalue weighted by Crippen LogP contribution is 2.40. The van der Waals surface area contributed by atoms with Crippen molar-refractivity contribution < 1.29 is 0 Å². The molecule has 0 aromatic carbocycles. The fourth-order valence-electron chi connectivity index (χ4n) is 1.70. The van der Waals surface area contributed by atoms with Crippen molar-refractivity contribution in [1.82, 2.24) is 9.97 Å². The average molecular weight is 303 g/mol. The van der Waals surface area contributed by atoms with Crippen LogP contribution < -0.4 is 5.32 Å². The lowest BCUT2D eigenvalue weighted by Crippen LogP contribution is -2.33. The maximum absolute atomic E-state index is 4.21. The van der Waals surface area contributed by atoms with Gasteiger partial charge in [-0.3, -0.25) is 0 Å². The number of rotatable bonds is 3. The Labute approximate surface area is 97.9 Å². The normalized spacial score (nSPS) is 18.7. The summed E-state index contributed by atoms with van der Waals surface area (Å²) in [5.74, 6) is 0.966. The summed E-state index contributed by atoms with van der Waals surface area (Å²) >= 11 is 2.25. The number of halogens is 1. The van der Waals surface area contributed by atoms with Crippen molar-refractivity contribution >= 4 is 28.4 Å². The highest BCUT2D eigenvalue weighted by Gasteiger charge is 2.31. The molecule has 3 nitrogen and oxygen atoms in total. The Bertz CT molecular complexity index is 323. The van der Waals surface area contributed by atoms with Gasteiger partial charge in [-0.25, -0.2) is 9.97 Å². The summed E-state index contributed by atoms with van der Waals surface area (Å²) in [4.78, 5) is 8.17. The fraction of sp³-hybridized carbons (Fsp3) is 0.600. The minimum atomic E-state index is 0.494. The summed E-state index contributed by atoms with van der Waals surface area (Å²) in [5, 5.41) is 3.40. The molecule has 1 aromatic heterocycles. The average Bonchev–Trinajstić information content (AvgIpc) is 2.14. The fourth-order valence-corrected chi connectivity index (χ4v) is 2.19. The predicted octanol–water partition coefficient (Wildman–Crippen LogP) is 2.68. The van der Waals surface area contributed by atoms with Crippen molar-refractivity contribution in [3.8, 4) is 0 Å². The summed E-state index contributed by atoms with van der Waals surface area (Å²) in [7, 11) is 0. The highest BCUT2D eigenvalue weighted by atomic mass is 127. The molecular formula is C10H14IN3. The maximum Gasteiger partial charge on any atom is 0.142 e. The van der Waals surface area contributed by atoms with Gasteiger partial charge >= 0.3 is 0 Å². The van der Waals surface area contributed by atoms with Crippen molar-refractivity contribution in [3.63, 3.8) is 0 Å². The Morgan fingerprint density at radius 3 is 2.93 bits per heavy atom. The Kier molecular flexibility index (Phi) is 2.90. The second-order valence-electron chi connectivity index (χ2n) is 4.24. The van der Waals surface area contributed by atoms with E-state index in [0.717, 1.165) is 15.9 Å². The third-order valence-corrected chi connectivity index (χ3v) is 3.70. The molecule has 0 saturated heterocycles. The Morgan fingerprint density at radius 1 is 1.57 bits per heavy atom. The van der Waals surface area contributed by atoms with Gasteiger partial charge in [0.05, 0.1) is 3.57 Å². The molecule has 1 N–H and O–H groups in total. The zero-order chi connectivity index (χ0) is 10.0. The lowest BCUT2D eigenvalue weighted by molar-refractivity contribution is 0.180. The lowest BCUT2D eigenvalue weighted by atomic mass is 9.70. The molecule has 0 radical (unpaired) electrons. The number of hydrogen-bond donors (Lipinski definition) is 1. The Morgan fingerprint density at radius 2 is 2.36 bits per heavy atom. The van der Waals surface area contributed by atoms with Gasteiger partial charge < -0.3 is 5.32 Å². The first kappa shape index (κ1) is 10.1. The van der Waals surface area contributed by atoms with Crippen molar-refractivity contribution in [2.45, 2.75) is 26.2 Å². The van der Waals surface area contributed by atoms with Crippen LogP contribution in [0.2, 0.25) is 0 Å². The van der Waals surface area contributed by atoms with Crippen LogP contribution in [0.25, 0.3) is 0 Å². The third kappa shape index (κ3) is 2.16. The topological polar surface area (TPSA) is 37.8 Å². The molecule has 1 heterocycles. The number of nitrogens with one attached hydrogen (secondary N) is 1. The van der Waals surface area contributed by atoms with Crippen LogP contribution in [0, 0.1) is 8.99 Å². The van der Waals surface area contributed by atoms with E-state index < -0.39 is 0 Å². The van der Waals surface area contributed by atoms with Gasteiger partial charge in [0, 0.05) is 12.7 Å². The van der Waals surface area contributed by atoms with Gasteiger partial charge in [0.1, 0.15) is 12.1 Å². The molecule has 1 aromatic rings. The number of hydrogen-bond acceptors (Lipinski definition) is 3.